The minimum absolute atomic E-state index is 0.124. The van der Waals surface area contributed by atoms with Gasteiger partial charge in [-0.15, -0.1) is 0 Å². The van der Waals surface area contributed by atoms with Crippen molar-refractivity contribution in [2.75, 3.05) is 18.5 Å². The van der Waals surface area contributed by atoms with Gasteiger partial charge >= 0.3 is 0 Å². The van der Waals surface area contributed by atoms with Gasteiger partial charge in [0.2, 0.25) is 11.8 Å². The molecule has 212 valence electrons. The molecule has 2 aromatic rings. The van der Waals surface area contributed by atoms with Crippen LogP contribution >= 0.6 is 23.2 Å². The molecule has 0 radical (unpaired) electrons. The fraction of sp³-hybridized carbons (Fsp3) is 0.500. The molecular weight excluding hydrogens is 551 g/mol. The number of aliphatic hydroxyl groups is 2. The van der Waals surface area contributed by atoms with Gasteiger partial charge in [0, 0.05) is 30.8 Å². The van der Waals surface area contributed by atoms with Gasteiger partial charge < -0.3 is 26.2 Å². The van der Waals surface area contributed by atoms with Gasteiger partial charge in [-0.05, 0) is 60.1 Å². The standard InChI is InChI=1S/C28H33Cl2F2N3O4/c1-27(2,3)13-22-28(16-11-20(32)18(30)12-21(16)34-26(28)39)23(14-4-5-19(31)17(29)10-14)24(35-22)25(38)33-8-6-15(37)7-9-36/h4-5,10-12,15,22-24,35-37H,6-9,13H2,1-3H3,(H,33,38)(H,34,39)/t15-,22+,23-,24+,28-/m0/s1. The maximum absolute atomic E-state index is 14.9. The van der Waals surface area contributed by atoms with Crippen molar-refractivity contribution < 1.29 is 28.6 Å². The molecule has 0 bridgehead atoms. The van der Waals surface area contributed by atoms with E-state index in [1.165, 1.54) is 30.3 Å². The van der Waals surface area contributed by atoms with Crippen LogP contribution in [0.25, 0.3) is 0 Å². The van der Waals surface area contributed by atoms with Gasteiger partial charge in [0.15, 0.2) is 0 Å². The fourth-order valence-corrected chi connectivity index (χ4v) is 6.26. The quantitative estimate of drug-likeness (QED) is 0.319. The fourth-order valence-electron chi connectivity index (χ4n) is 5.91. The van der Waals surface area contributed by atoms with E-state index in [9.17, 15) is 23.5 Å². The second-order valence-corrected chi connectivity index (χ2v) is 12.3. The Labute approximate surface area is 236 Å². The smallest absolute Gasteiger partial charge is 0.237 e. The van der Waals surface area contributed by atoms with Crippen molar-refractivity contribution in [2.45, 2.75) is 69.6 Å². The van der Waals surface area contributed by atoms with Crippen molar-refractivity contribution >= 4 is 40.7 Å². The molecule has 0 aliphatic carbocycles. The monoisotopic (exact) mass is 583 g/mol. The molecule has 5 atom stereocenters. The maximum atomic E-state index is 14.9. The summed E-state index contributed by atoms with van der Waals surface area (Å²) < 4.78 is 29.1. The van der Waals surface area contributed by atoms with E-state index in [-0.39, 0.29) is 41.5 Å². The lowest BCUT2D eigenvalue weighted by Gasteiger charge is -2.37. The van der Waals surface area contributed by atoms with Crippen LogP contribution < -0.4 is 16.0 Å². The molecule has 0 saturated carbocycles. The van der Waals surface area contributed by atoms with E-state index in [0.29, 0.717) is 23.2 Å². The number of carbonyl (C=O) groups is 2. The number of benzene rings is 2. The minimum Gasteiger partial charge on any atom is -0.396 e. The first-order valence-electron chi connectivity index (χ1n) is 12.9. The average molecular weight is 584 g/mol. The van der Waals surface area contributed by atoms with E-state index in [2.05, 4.69) is 16.0 Å². The van der Waals surface area contributed by atoms with E-state index in [1.54, 1.807) is 0 Å². The van der Waals surface area contributed by atoms with Crippen molar-refractivity contribution in [1.29, 1.82) is 0 Å². The predicted molar refractivity (Wildman–Crippen MR) is 146 cm³/mol. The first-order valence-corrected chi connectivity index (χ1v) is 13.6. The maximum Gasteiger partial charge on any atom is 0.237 e. The van der Waals surface area contributed by atoms with Gasteiger partial charge in [0.25, 0.3) is 0 Å². The molecule has 2 aromatic carbocycles. The van der Waals surface area contributed by atoms with Crippen molar-refractivity contribution in [1.82, 2.24) is 10.6 Å². The number of fused-ring (bicyclic) bond motifs is 2. The second-order valence-electron chi connectivity index (χ2n) is 11.5. The summed E-state index contributed by atoms with van der Waals surface area (Å²) in [6, 6.07) is 5.05. The normalized spacial score (nSPS) is 25.1. The highest BCUT2D eigenvalue weighted by Crippen LogP contribution is 2.57. The molecule has 0 aromatic heterocycles. The van der Waals surface area contributed by atoms with Crippen LogP contribution in [0.3, 0.4) is 0 Å². The second kappa shape index (κ2) is 11.3. The Hall–Kier alpha value is -2.30. The van der Waals surface area contributed by atoms with E-state index < -0.39 is 53.0 Å². The Balaban J connectivity index is 1.87. The number of carbonyl (C=O) groups excluding carboxylic acids is 2. The Kier molecular flexibility index (Phi) is 8.59. The molecule has 2 heterocycles. The summed E-state index contributed by atoms with van der Waals surface area (Å²) in [5.74, 6) is -3.13. The lowest BCUT2D eigenvalue weighted by Crippen LogP contribution is -2.49. The topological polar surface area (TPSA) is 111 Å². The van der Waals surface area contributed by atoms with Crippen molar-refractivity contribution in [3.8, 4) is 0 Å². The first kappa shape index (κ1) is 29.7. The first-order chi connectivity index (χ1) is 18.3. The number of rotatable bonds is 8. The number of halogens is 4. The Morgan fingerprint density at radius 3 is 2.46 bits per heavy atom. The summed E-state index contributed by atoms with van der Waals surface area (Å²) in [4.78, 5) is 27.7. The Bertz CT molecular complexity index is 1270. The molecule has 2 aliphatic heterocycles. The third kappa shape index (κ3) is 5.65. The van der Waals surface area contributed by atoms with Gasteiger partial charge in [-0.2, -0.15) is 0 Å². The minimum atomic E-state index is -1.45. The van der Waals surface area contributed by atoms with Crippen LogP contribution in [0.4, 0.5) is 14.5 Å². The molecule has 2 amide bonds. The molecule has 11 heteroatoms. The highest BCUT2D eigenvalue weighted by molar-refractivity contribution is 6.31. The van der Waals surface area contributed by atoms with Crippen molar-refractivity contribution in [3.05, 3.63) is 63.1 Å². The summed E-state index contributed by atoms with van der Waals surface area (Å²) in [6.45, 7) is 5.94. The average Bonchev–Trinajstić information content (AvgIpc) is 3.30. The molecule has 7 nitrogen and oxygen atoms in total. The van der Waals surface area contributed by atoms with E-state index in [1.807, 2.05) is 20.8 Å². The number of hydrogen-bond donors (Lipinski definition) is 5. The SMILES string of the molecule is CC(C)(C)C[C@H]1N[C@@H](C(=O)NCC[C@H](O)CCO)[C@H](c2ccc(F)c(Cl)c2)[C@@]12C(=O)Nc1cc(Cl)c(F)cc12. The number of anilines is 1. The number of aliphatic hydroxyl groups excluding tert-OH is 2. The summed E-state index contributed by atoms with van der Waals surface area (Å²) in [5, 5.41) is 27.7. The van der Waals surface area contributed by atoms with Crippen molar-refractivity contribution in [2.24, 2.45) is 5.41 Å². The number of hydrogen-bond acceptors (Lipinski definition) is 5. The molecule has 39 heavy (non-hydrogen) atoms. The van der Waals surface area contributed by atoms with Crippen LogP contribution in [0.1, 0.15) is 57.1 Å². The van der Waals surface area contributed by atoms with Gasteiger partial charge in [-0.25, -0.2) is 8.78 Å². The number of nitrogens with one attached hydrogen (secondary N) is 3. The summed E-state index contributed by atoms with van der Waals surface area (Å²) in [6.07, 6.45) is 0.0408. The zero-order valence-electron chi connectivity index (χ0n) is 22.0. The zero-order valence-corrected chi connectivity index (χ0v) is 23.5. The molecule has 5 N–H and O–H groups in total. The molecule has 2 aliphatic rings. The summed E-state index contributed by atoms with van der Waals surface area (Å²) in [5.41, 5.74) is -0.616. The van der Waals surface area contributed by atoms with E-state index in [0.717, 1.165) is 0 Å². The van der Waals surface area contributed by atoms with Gasteiger partial charge in [0.1, 0.15) is 17.0 Å². The van der Waals surface area contributed by atoms with Gasteiger partial charge in [-0.1, -0.05) is 50.0 Å². The summed E-state index contributed by atoms with van der Waals surface area (Å²) >= 11 is 12.2. The van der Waals surface area contributed by atoms with E-state index in [4.69, 9.17) is 28.3 Å². The molecule has 1 fully saturated rings. The largest absolute Gasteiger partial charge is 0.396 e. The molecular formula is C28H33Cl2F2N3O4. The van der Waals surface area contributed by atoms with Crippen LogP contribution in [0.5, 0.6) is 0 Å². The highest BCUT2D eigenvalue weighted by Gasteiger charge is 2.65. The number of amides is 2. The van der Waals surface area contributed by atoms with Crippen LogP contribution in [-0.4, -0.2) is 53.4 Å². The molecule has 1 spiro atoms. The third-order valence-electron chi connectivity index (χ3n) is 7.53. The molecule has 4 rings (SSSR count). The van der Waals surface area contributed by atoms with Crippen LogP contribution in [-0.2, 0) is 15.0 Å². The zero-order chi connectivity index (χ0) is 28.7. The lowest BCUT2D eigenvalue weighted by atomic mass is 9.62. The third-order valence-corrected chi connectivity index (χ3v) is 8.10. The highest BCUT2D eigenvalue weighted by atomic mass is 35.5. The summed E-state index contributed by atoms with van der Waals surface area (Å²) in [7, 11) is 0. The van der Waals surface area contributed by atoms with Crippen LogP contribution in [0.2, 0.25) is 10.0 Å². The Morgan fingerprint density at radius 2 is 1.82 bits per heavy atom. The van der Waals surface area contributed by atoms with Crippen molar-refractivity contribution in [3.63, 3.8) is 0 Å². The van der Waals surface area contributed by atoms with Gasteiger partial charge in [0.05, 0.1) is 22.2 Å². The molecule has 1 saturated heterocycles. The van der Waals surface area contributed by atoms with Crippen LogP contribution in [0, 0.1) is 17.0 Å². The Morgan fingerprint density at radius 1 is 1.13 bits per heavy atom. The van der Waals surface area contributed by atoms with Gasteiger partial charge in [-0.3, -0.25) is 9.59 Å². The van der Waals surface area contributed by atoms with Crippen LogP contribution in [0.15, 0.2) is 30.3 Å². The predicted octanol–water partition coefficient (Wildman–Crippen LogP) is 4.27. The molecule has 0 unspecified atom stereocenters. The lowest BCUT2D eigenvalue weighted by molar-refractivity contribution is -0.123. The van der Waals surface area contributed by atoms with E-state index >= 15 is 0 Å².